The third-order valence-electron chi connectivity index (χ3n) is 4.47. The van der Waals surface area contributed by atoms with Gasteiger partial charge in [-0.2, -0.15) is 0 Å². The molecular formula is C19H19N3O5. The van der Waals surface area contributed by atoms with Crippen LogP contribution in [0.5, 0.6) is 5.75 Å². The molecule has 0 radical (unpaired) electrons. The van der Waals surface area contributed by atoms with Gasteiger partial charge in [0, 0.05) is 41.9 Å². The quantitative estimate of drug-likeness (QED) is 0.644. The Balaban J connectivity index is 1.83. The number of carbonyl (C=O) groups excluding carboxylic acids is 2. The Kier molecular flexibility index (Phi) is 5.07. The Bertz CT molecular complexity index is 926. The molecule has 0 atom stereocenters. The molecule has 2 aromatic carbocycles. The fraction of sp³-hybridized carbons (Fsp3) is 0.263. The Morgan fingerprint density at radius 3 is 2.67 bits per heavy atom. The molecule has 2 aromatic rings. The molecule has 8 heteroatoms. The van der Waals surface area contributed by atoms with E-state index < -0.39 is 10.8 Å². The molecule has 1 N–H and O–H groups in total. The summed E-state index contributed by atoms with van der Waals surface area (Å²) < 4.78 is 5.37. The summed E-state index contributed by atoms with van der Waals surface area (Å²) in [6.07, 6.45) is 1.31. The van der Waals surface area contributed by atoms with Crippen molar-refractivity contribution < 1.29 is 19.2 Å². The first kappa shape index (κ1) is 18.4. The van der Waals surface area contributed by atoms with E-state index >= 15 is 0 Å². The van der Waals surface area contributed by atoms with Gasteiger partial charge < -0.3 is 15.0 Å². The van der Waals surface area contributed by atoms with E-state index in [0.29, 0.717) is 35.7 Å². The highest BCUT2D eigenvalue weighted by Gasteiger charge is 2.24. The predicted octanol–water partition coefficient (Wildman–Crippen LogP) is 3.29. The number of nitrogens with one attached hydrogen (secondary N) is 1. The molecule has 0 spiro atoms. The lowest BCUT2D eigenvalue weighted by atomic mass is 10.1. The number of aryl methyl sites for hydroxylation is 1. The van der Waals surface area contributed by atoms with E-state index in [1.54, 1.807) is 30.0 Å². The van der Waals surface area contributed by atoms with Gasteiger partial charge in [0.25, 0.3) is 11.6 Å². The minimum absolute atomic E-state index is 0.0389. The Hall–Kier alpha value is -3.42. The van der Waals surface area contributed by atoms with Crippen LogP contribution in [0.15, 0.2) is 36.4 Å². The Morgan fingerprint density at radius 1 is 1.26 bits per heavy atom. The van der Waals surface area contributed by atoms with Crippen LogP contribution in [0.25, 0.3) is 0 Å². The van der Waals surface area contributed by atoms with Crippen molar-refractivity contribution in [2.24, 2.45) is 0 Å². The average Bonchev–Trinajstić information content (AvgIpc) is 3.07. The number of nitrogens with zero attached hydrogens (tertiary/aromatic N) is 2. The fourth-order valence-corrected chi connectivity index (χ4v) is 3.03. The topological polar surface area (TPSA) is 102 Å². The SMILES string of the molecule is COc1cc(NC(=O)c2ccc(C)c([N+](=O)[O-])c2)ccc1N1CCCC1=O. The number of nitro groups is 1. The second-order valence-electron chi connectivity index (χ2n) is 6.25. The van der Waals surface area contributed by atoms with Crippen LogP contribution in [0, 0.1) is 17.0 Å². The van der Waals surface area contributed by atoms with Crippen LogP contribution in [0.1, 0.15) is 28.8 Å². The van der Waals surface area contributed by atoms with Gasteiger partial charge in [-0.05, 0) is 31.5 Å². The van der Waals surface area contributed by atoms with E-state index in [9.17, 15) is 19.7 Å². The molecular weight excluding hydrogens is 350 g/mol. The zero-order valence-electron chi connectivity index (χ0n) is 15.0. The molecule has 0 bridgehead atoms. The number of anilines is 2. The molecule has 140 valence electrons. The lowest BCUT2D eigenvalue weighted by Gasteiger charge is -2.19. The summed E-state index contributed by atoms with van der Waals surface area (Å²) in [4.78, 5) is 36.6. The monoisotopic (exact) mass is 369 g/mol. The number of amides is 2. The van der Waals surface area contributed by atoms with Crippen molar-refractivity contribution in [2.45, 2.75) is 19.8 Å². The molecule has 1 aliphatic rings. The highest BCUT2D eigenvalue weighted by Crippen LogP contribution is 2.34. The van der Waals surface area contributed by atoms with Crippen LogP contribution in [0.2, 0.25) is 0 Å². The van der Waals surface area contributed by atoms with Gasteiger partial charge >= 0.3 is 0 Å². The van der Waals surface area contributed by atoms with Crippen LogP contribution in [-0.2, 0) is 4.79 Å². The van der Waals surface area contributed by atoms with Crippen molar-refractivity contribution in [3.8, 4) is 5.75 Å². The van der Waals surface area contributed by atoms with E-state index in [0.717, 1.165) is 6.42 Å². The maximum absolute atomic E-state index is 12.5. The molecule has 1 saturated heterocycles. The minimum Gasteiger partial charge on any atom is -0.494 e. The van der Waals surface area contributed by atoms with Gasteiger partial charge in [-0.15, -0.1) is 0 Å². The van der Waals surface area contributed by atoms with Gasteiger partial charge in [-0.1, -0.05) is 6.07 Å². The first-order chi connectivity index (χ1) is 12.9. The largest absolute Gasteiger partial charge is 0.494 e. The molecule has 2 amide bonds. The second-order valence-corrected chi connectivity index (χ2v) is 6.25. The molecule has 0 unspecified atom stereocenters. The Labute approximate surface area is 155 Å². The highest BCUT2D eigenvalue weighted by atomic mass is 16.6. The summed E-state index contributed by atoms with van der Waals surface area (Å²) in [6.45, 7) is 2.25. The maximum atomic E-state index is 12.5. The smallest absolute Gasteiger partial charge is 0.273 e. The van der Waals surface area contributed by atoms with Crippen LogP contribution in [0.4, 0.5) is 17.1 Å². The van der Waals surface area contributed by atoms with Gasteiger partial charge in [0.1, 0.15) is 5.75 Å². The standard InChI is InChI=1S/C19H19N3O5/c1-12-5-6-13(10-16(12)22(25)26)19(24)20-14-7-8-15(17(11-14)27-2)21-9-3-4-18(21)23/h5-8,10-11H,3-4,9H2,1-2H3,(H,20,24). The normalized spacial score (nSPS) is 13.6. The predicted molar refractivity (Wildman–Crippen MR) is 100 cm³/mol. The summed E-state index contributed by atoms with van der Waals surface area (Å²) in [5, 5.41) is 13.8. The van der Waals surface area contributed by atoms with Crippen LogP contribution in [-0.4, -0.2) is 30.4 Å². The van der Waals surface area contributed by atoms with Gasteiger partial charge in [-0.3, -0.25) is 19.7 Å². The summed E-state index contributed by atoms with van der Waals surface area (Å²) in [7, 11) is 1.49. The highest BCUT2D eigenvalue weighted by molar-refractivity contribution is 6.05. The molecule has 3 rings (SSSR count). The van der Waals surface area contributed by atoms with Gasteiger partial charge in [0.15, 0.2) is 0 Å². The third kappa shape index (κ3) is 3.74. The lowest BCUT2D eigenvalue weighted by Crippen LogP contribution is -2.24. The number of hydrogen-bond acceptors (Lipinski definition) is 5. The summed E-state index contributed by atoms with van der Waals surface area (Å²) >= 11 is 0. The van der Waals surface area contributed by atoms with E-state index in [1.807, 2.05) is 0 Å². The minimum atomic E-state index is -0.517. The number of carbonyl (C=O) groups is 2. The summed E-state index contributed by atoms with van der Waals surface area (Å²) in [6, 6.07) is 9.34. The molecule has 8 nitrogen and oxygen atoms in total. The zero-order chi connectivity index (χ0) is 19.6. The molecule has 1 heterocycles. The molecule has 1 fully saturated rings. The number of nitro benzene ring substituents is 1. The number of benzene rings is 2. The first-order valence-electron chi connectivity index (χ1n) is 8.45. The zero-order valence-corrected chi connectivity index (χ0v) is 15.0. The van der Waals surface area contributed by atoms with E-state index in [-0.39, 0.29) is 17.2 Å². The summed E-state index contributed by atoms with van der Waals surface area (Å²) in [5.74, 6) is 0.0418. The molecule has 0 aromatic heterocycles. The van der Waals surface area contributed by atoms with Crippen molar-refractivity contribution in [1.82, 2.24) is 0 Å². The molecule has 27 heavy (non-hydrogen) atoms. The van der Waals surface area contributed by atoms with Crippen molar-refractivity contribution in [3.63, 3.8) is 0 Å². The molecule has 0 aliphatic carbocycles. The van der Waals surface area contributed by atoms with E-state index in [2.05, 4.69) is 5.32 Å². The van der Waals surface area contributed by atoms with Gasteiger partial charge in [-0.25, -0.2) is 0 Å². The molecule has 1 aliphatic heterocycles. The third-order valence-corrected chi connectivity index (χ3v) is 4.47. The number of hydrogen-bond donors (Lipinski definition) is 1. The van der Waals surface area contributed by atoms with Crippen molar-refractivity contribution >= 4 is 28.9 Å². The van der Waals surface area contributed by atoms with Gasteiger partial charge in [0.2, 0.25) is 5.91 Å². The number of methoxy groups -OCH3 is 1. The Morgan fingerprint density at radius 2 is 2.04 bits per heavy atom. The second kappa shape index (κ2) is 7.45. The maximum Gasteiger partial charge on any atom is 0.273 e. The average molecular weight is 369 g/mol. The molecule has 0 saturated carbocycles. The number of ether oxygens (including phenoxy) is 1. The first-order valence-corrected chi connectivity index (χ1v) is 8.45. The number of rotatable bonds is 5. The van der Waals surface area contributed by atoms with Crippen LogP contribution >= 0.6 is 0 Å². The van der Waals surface area contributed by atoms with Crippen LogP contribution in [0.3, 0.4) is 0 Å². The summed E-state index contributed by atoms with van der Waals surface area (Å²) in [5.41, 5.74) is 1.69. The van der Waals surface area contributed by atoms with E-state index in [4.69, 9.17) is 4.74 Å². The van der Waals surface area contributed by atoms with Crippen LogP contribution < -0.4 is 15.0 Å². The fourth-order valence-electron chi connectivity index (χ4n) is 3.03. The van der Waals surface area contributed by atoms with Gasteiger partial charge in [0.05, 0.1) is 17.7 Å². The van der Waals surface area contributed by atoms with Crippen molar-refractivity contribution in [3.05, 3.63) is 57.6 Å². The lowest BCUT2D eigenvalue weighted by molar-refractivity contribution is -0.385. The van der Waals surface area contributed by atoms with E-state index in [1.165, 1.54) is 25.3 Å². The van der Waals surface area contributed by atoms with Crippen molar-refractivity contribution in [2.75, 3.05) is 23.9 Å². The van der Waals surface area contributed by atoms with Crippen molar-refractivity contribution in [1.29, 1.82) is 0 Å².